The van der Waals surface area contributed by atoms with Crippen LogP contribution in [0.15, 0.2) is 24.3 Å². The highest BCUT2D eigenvalue weighted by molar-refractivity contribution is 5.78. The first-order chi connectivity index (χ1) is 9.51. The van der Waals surface area contributed by atoms with Crippen LogP contribution in [-0.2, 0) is 4.79 Å². The predicted octanol–water partition coefficient (Wildman–Crippen LogP) is 3.84. The van der Waals surface area contributed by atoms with E-state index in [1.54, 1.807) is 0 Å². The molecule has 2 rings (SSSR count). The number of fused-ring (bicyclic) bond motifs is 1. The smallest absolute Gasteiger partial charge is 0.223 e. The Morgan fingerprint density at radius 2 is 2.00 bits per heavy atom. The highest BCUT2D eigenvalue weighted by Gasteiger charge is 2.38. The number of amides is 1. The minimum atomic E-state index is -0.163. The van der Waals surface area contributed by atoms with Gasteiger partial charge in [0.15, 0.2) is 0 Å². The molecule has 0 aromatic heterocycles. The van der Waals surface area contributed by atoms with Crippen LogP contribution in [0.1, 0.15) is 58.6 Å². The van der Waals surface area contributed by atoms with E-state index in [9.17, 15) is 4.79 Å². The van der Waals surface area contributed by atoms with Gasteiger partial charge in [0.25, 0.3) is 0 Å². The van der Waals surface area contributed by atoms with Gasteiger partial charge in [-0.3, -0.25) is 4.79 Å². The van der Waals surface area contributed by atoms with E-state index in [2.05, 4.69) is 25.2 Å². The zero-order chi connectivity index (χ0) is 14.8. The SMILES string of the molecule is CCC1(CC)C[C@H](NC(=O)C(C)C)c2ccccc2O1. The van der Waals surface area contributed by atoms with Crippen molar-refractivity contribution in [2.45, 2.75) is 58.6 Å². The molecule has 20 heavy (non-hydrogen) atoms. The lowest BCUT2D eigenvalue weighted by Crippen LogP contribution is -2.45. The number of hydrogen-bond acceptors (Lipinski definition) is 2. The van der Waals surface area contributed by atoms with Gasteiger partial charge in [-0.05, 0) is 18.9 Å². The summed E-state index contributed by atoms with van der Waals surface area (Å²) in [5, 5.41) is 3.18. The van der Waals surface area contributed by atoms with Gasteiger partial charge >= 0.3 is 0 Å². The van der Waals surface area contributed by atoms with Crippen LogP contribution in [0.25, 0.3) is 0 Å². The molecule has 1 N–H and O–H groups in total. The maximum atomic E-state index is 12.1. The fourth-order valence-electron chi connectivity index (χ4n) is 2.77. The van der Waals surface area contributed by atoms with Gasteiger partial charge < -0.3 is 10.1 Å². The standard InChI is InChI=1S/C17H25NO2/c1-5-17(6-2)11-14(18-16(19)12(3)4)13-9-7-8-10-15(13)20-17/h7-10,12,14H,5-6,11H2,1-4H3,(H,18,19)/t14-/m0/s1. The van der Waals surface area contributed by atoms with Gasteiger partial charge in [0.05, 0.1) is 6.04 Å². The van der Waals surface area contributed by atoms with Crippen LogP contribution in [0.2, 0.25) is 0 Å². The van der Waals surface area contributed by atoms with Gasteiger partial charge in [0.2, 0.25) is 5.91 Å². The fraction of sp³-hybridized carbons (Fsp3) is 0.588. The number of para-hydroxylation sites is 1. The number of carbonyl (C=O) groups is 1. The molecular formula is C17H25NO2. The summed E-state index contributed by atoms with van der Waals surface area (Å²) in [6.45, 7) is 8.15. The Bertz CT molecular complexity index is 478. The summed E-state index contributed by atoms with van der Waals surface area (Å²) >= 11 is 0. The molecule has 3 heteroatoms. The third kappa shape index (κ3) is 2.82. The summed E-state index contributed by atoms with van der Waals surface area (Å²) in [5.74, 6) is 1.02. The number of nitrogens with one attached hydrogen (secondary N) is 1. The van der Waals surface area contributed by atoms with E-state index in [-0.39, 0.29) is 23.5 Å². The highest BCUT2D eigenvalue weighted by Crippen LogP contribution is 2.42. The molecule has 1 aliphatic rings. The molecule has 0 bridgehead atoms. The number of ether oxygens (including phenoxy) is 1. The van der Waals surface area contributed by atoms with Crippen LogP contribution < -0.4 is 10.1 Å². The first-order valence-corrected chi connectivity index (χ1v) is 7.59. The minimum Gasteiger partial charge on any atom is -0.487 e. The van der Waals surface area contributed by atoms with Crippen molar-refractivity contribution >= 4 is 5.91 Å². The maximum absolute atomic E-state index is 12.1. The fourth-order valence-corrected chi connectivity index (χ4v) is 2.77. The molecule has 1 aromatic rings. The van der Waals surface area contributed by atoms with Gasteiger partial charge in [-0.1, -0.05) is 45.9 Å². The van der Waals surface area contributed by atoms with Crippen LogP contribution >= 0.6 is 0 Å². The molecule has 0 fully saturated rings. The van der Waals surface area contributed by atoms with Crippen LogP contribution in [0.4, 0.5) is 0 Å². The van der Waals surface area contributed by atoms with Crippen molar-refractivity contribution in [2.24, 2.45) is 5.92 Å². The molecule has 0 saturated heterocycles. The van der Waals surface area contributed by atoms with Crippen molar-refractivity contribution in [2.75, 3.05) is 0 Å². The summed E-state index contributed by atoms with van der Waals surface area (Å²) in [4.78, 5) is 12.1. The van der Waals surface area contributed by atoms with Crippen molar-refractivity contribution in [3.63, 3.8) is 0 Å². The summed E-state index contributed by atoms with van der Waals surface area (Å²) in [5.41, 5.74) is 0.933. The molecule has 0 unspecified atom stereocenters. The topological polar surface area (TPSA) is 38.3 Å². The molecular weight excluding hydrogens is 250 g/mol. The summed E-state index contributed by atoms with van der Waals surface area (Å²) in [6, 6.07) is 8.09. The van der Waals surface area contributed by atoms with Crippen LogP contribution in [-0.4, -0.2) is 11.5 Å². The molecule has 0 radical (unpaired) electrons. The van der Waals surface area contributed by atoms with E-state index in [4.69, 9.17) is 4.74 Å². The Hall–Kier alpha value is -1.51. The van der Waals surface area contributed by atoms with Crippen LogP contribution in [0, 0.1) is 5.92 Å². The minimum absolute atomic E-state index is 0.00246. The number of hydrogen-bond donors (Lipinski definition) is 1. The quantitative estimate of drug-likeness (QED) is 0.906. The molecule has 1 heterocycles. The average molecular weight is 275 g/mol. The van der Waals surface area contributed by atoms with E-state index >= 15 is 0 Å². The lowest BCUT2D eigenvalue weighted by molar-refractivity contribution is -0.125. The zero-order valence-electron chi connectivity index (χ0n) is 12.9. The lowest BCUT2D eigenvalue weighted by Gasteiger charge is -2.41. The second-order valence-corrected chi connectivity index (χ2v) is 5.95. The number of benzene rings is 1. The zero-order valence-corrected chi connectivity index (χ0v) is 12.9. The molecule has 3 nitrogen and oxygen atoms in total. The number of carbonyl (C=O) groups excluding carboxylic acids is 1. The lowest BCUT2D eigenvalue weighted by atomic mass is 9.83. The third-order valence-corrected chi connectivity index (χ3v) is 4.33. The largest absolute Gasteiger partial charge is 0.487 e. The van der Waals surface area contributed by atoms with E-state index in [0.29, 0.717) is 0 Å². The Morgan fingerprint density at radius 3 is 2.60 bits per heavy atom. The second-order valence-electron chi connectivity index (χ2n) is 5.95. The Balaban J connectivity index is 2.32. The van der Waals surface area contributed by atoms with Crippen molar-refractivity contribution in [1.29, 1.82) is 0 Å². The summed E-state index contributed by atoms with van der Waals surface area (Å²) in [7, 11) is 0. The molecule has 1 atom stereocenters. The highest BCUT2D eigenvalue weighted by atomic mass is 16.5. The molecule has 1 aliphatic heterocycles. The Labute approximate surface area is 121 Å². The molecule has 1 aromatic carbocycles. The van der Waals surface area contributed by atoms with E-state index in [0.717, 1.165) is 30.6 Å². The molecule has 0 spiro atoms. The van der Waals surface area contributed by atoms with Crippen LogP contribution in [0.3, 0.4) is 0 Å². The first-order valence-electron chi connectivity index (χ1n) is 7.59. The van der Waals surface area contributed by atoms with Crippen molar-refractivity contribution in [1.82, 2.24) is 5.32 Å². The van der Waals surface area contributed by atoms with Gasteiger partial charge in [-0.2, -0.15) is 0 Å². The maximum Gasteiger partial charge on any atom is 0.223 e. The van der Waals surface area contributed by atoms with Crippen LogP contribution in [0.5, 0.6) is 5.75 Å². The molecule has 0 aliphatic carbocycles. The Kier molecular flexibility index (Phi) is 4.36. The Morgan fingerprint density at radius 1 is 1.35 bits per heavy atom. The number of rotatable bonds is 4. The van der Waals surface area contributed by atoms with Crippen molar-refractivity contribution in [3.8, 4) is 5.75 Å². The monoisotopic (exact) mass is 275 g/mol. The molecule has 0 saturated carbocycles. The van der Waals surface area contributed by atoms with E-state index in [1.165, 1.54) is 0 Å². The molecule has 1 amide bonds. The van der Waals surface area contributed by atoms with E-state index < -0.39 is 0 Å². The van der Waals surface area contributed by atoms with Gasteiger partial charge in [0, 0.05) is 17.9 Å². The van der Waals surface area contributed by atoms with Crippen molar-refractivity contribution < 1.29 is 9.53 Å². The van der Waals surface area contributed by atoms with Gasteiger partial charge in [0.1, 0.15) is 11.4 Å². The third-order valence-electron chi connectivity index (χ3n) is 4.33. The average Bonchev–Trinajstić information content (AvgIpc) is 2.46. The van der Waals surface area contributed by atoms with E-state index in [1.807, 2.05) is 32.0 Å². The van der Waals surface area contributed by atoms with Gasteiger partial charge in [-0.15, -0.1) is 0 Å². The van der Waals surface area contributed by atoms with Crippen molar-refractivity contribution in [3.05, 3.63) is 29.8 Å². The summed E-state index contributed by atoms with van der Waals surface area (Å²) < 4.78 is 6.24. The predicted molar refractivity (Wildman–Crippen MR) is 80.7 cm³/mol. The van der Waals surface area contributed by atoms with Gasteiger partial charge in [-0.25, -0.2) is 0 Å². The normalized spacial score (nSPS) is 20.1. The molecule has 110 valence electrons. The first kappa shape index (κ1) is 14.9. The summed E-state index contributed by atoms with van der Waals surface area (Å²) in [6.07, 6.45) is 2.74. The second kappa shape index (κ2) is 5.86.